The van der Waals surface area contributed by atoms with E-state index in [0.29, 0.717) is 35.9 Å². The van der Waals surface area contributed by atoms with Gasteiger partial charge in [-0.2, -0.15) is 5.10 Å². The minimum Gasteiger partial charge on any atom is -0.496 e. The van der Waals surface area contributed by atoms with Gasteiger partial charge in [0.15, 0.2) is 11.5 Å². The first-order valence-electron chi connectivity index (χ1n) is 9.62. The van der Waals surface area contributed by atoms with Gasteiger partial charge in [0.25, 0.3) is 5.91 Å². The third-order valence-electron chi connectivity index (χ3n) is 4.83. The Morgan fingerprint density at radius 1 is 0.933 bits per heavy atom. The number of methoxy groups -OCH3 is 3. The first kappa shape index (κ1) is 21.2. The summed E-state index contributed by atoms with van der Waals surface area (Å²) in [5.41, 5.74) is 4.62. The minimum atomic E-state index is -0.253. The predicted octanol–water partition coefficient (Wildman–Crippen LogP) is 3.50. The summed E-state index contributed by atoms with van der Waals surface area (Å²) in [5, 5.41) is 7.46. The van der Waals surface area contributed by atoms with Gasteiger partial charge in [0, 0.05) is 24.4 Å². The fourth-order valence-corrected chi connectivity index (χ4v) is 3.33. The van der Waals surface area contributed by atoms with E-state index < -0.39 is 0 Å². The van der Waals surface area contributed by atoms with Crippen molar-refractivity contribution in [1.29, 1.82) is 0 Å². The maximum absolute atomic E-state index is 12.8. The molecule has 0 saturated carbocycles. The third kappa shape index (κ3) is 4.74. The molecule has 0 saturated heterocycles. The average Bonchev–Trinajstić information content (AvgIpc) is 3.07. The van der Waals surface area contributed by atoms with E-state index in [1.54, 1.807) is 12.1 Å². The Balaban J connectivity index is 1.73. The van der Waals surface area contributed by atoms with Crippen molar-refractivity contribution in [2.24, 2.45) is 0 Å². The second-order valence-corrected chi connectivity index (χ2v) is 6.99. The van der Waals surface area contributed by atoms with Crippen LogP contribution in [0.5, 0.6) is 17.2 Å². The van der Waals surface area contributed by atoms with Crippen LogP contribution in [0, 0.1) is 13.8 Å². The second-order valence-electron chi connectivity index (χ2n) is 6.99. The van der Waals surface area contributed by atoms with Crippen molar-refractivity contribution in [3.63, 3.8) is 0 Å². The van der Waals surface area contributed by atoms with Crippen molar-refractivity contribution in [3.05, 3.63) is 70.5 Å². The molecule has 7 nitrogen and oxygen atoms in total. The first-order valence-corrected chi connectivity index (χ1v) is 9.62. The van der Waals surface area contributed by atoms with Crippen LogP contribution >= 0.6 is 0 Å². The van der Waals surface area contributed by atoms with Gasteiger partial charge in [0.1, 0.15) is 5.75 Å². The summed E-state index contributed by atoms with van der Waals surface area (Å²) >= 11 is 0. The van der Waals surface area contributed by atoms with Crippen LogP contribution in [0.3, 0.4) is 0 Å². The SMILES string of the molecule is COc1cc(OC)c(C(=O)NCc2cccc(Cn3nc(C)cc3C)c2)cc1OC. The highest BCUT2D eigenvalue weighted by molar-refractivity contribution is 5.97. The molecule has 1 heterocycles. The van der Waals surface area contributed by atoms with Crippen LogP contribution in [0.4, 0.5) is 0 Å². The van der Waals surface area contributed by atoms with E-state index in [0.717, 1.165) is 22.5 Å². The molecule has 1 aromatic heterocycles. The highest BCUT2D eigenvalue weighted by Gasteiger charge is 2.17. The summed E-state index contributed by atoms with van der Waals surface area (Å²) in [5.74, 6) is 1.14. The molecular weight excluding hydrogens is 382 g/mol. The molecule has 1 N–H and O–H groups in total. The number of ether oxygens (including phenoxy) is 3. The number of aromatic nitrogens is 2. The Kier molecular flexibility index (Phi) is 6.61. The zero-order chi connectivity index (χ0) is 21.7. The van der Waals surface area contributed by atoms with E-state index in [9.17, 15) is 4.79 Å². The van der Waals surface area contributed by atoms with Crippen LogP contribution in [0.25, 0.3) is 0 Å². The zero-order valence-corrected chi connectivity index (χ0v) is 18.0. The van der Waals surface area contributed by atoms with Gasteiger partial charge in [-0.3, -0.25) is 9.48 Å². The van der Waals surface area contributed by atoms with Gasteiger partial charge in [-0.25, -0.2) is 0 Å². The number of benzene rings is 2. The fourth-order valence-electron chi connectivity index (χ4n) is 3.33. The lowest BCUT2D eigenvalue weighted by Gasteiger charge is -2.14. The van der Waals surface area contributed by atoms with Gasteiger partial charge in [-0.1, -0.05) is 24.3 Å². The maximum Gasteiger partial charge on any atom is 0.255 e. The lowest BCUT2D eigenvalue weighted by atomic mass is 10.1. The smallest absolute Gasteiger partial charge is 0.255 e. The van der Waals surface area contributed by atoms with E-state index in [1.165, 1.54) is 21.3 Å². The van der Waals surface area contributed by atoms with Crippen LogP contribution < -0.4 is 19.5 Å². The minimum absolute atomic E-state index is 0.253. The van der Waals surface area contributed by atoms with E-state index in [1.807, 2.05) is 30.7 Å². The molecule has 7 heteroatoms. The van der Waals surface area contributed by atoms with E-state index in [4.69, 9.17) is 14.2 Å². The highest BCUT2D eigenvalue weighted by Crippen LogP contribution is 2.34. The molecule has 0 atom stereocenters. The number of hydrogen-bond donors (Lipinski definition) is 1. The van der Waals surface area contributed by atoms with Crippen LogP contribution in [0.15, 0.2) is 42.5 Å². The Bertz CT molecular complexity index is 1040. The number of aryl methyl sites for hydroxylation is 2. The number of carbonyl (C=O) groups excluding carboxylic acids is 1. The van der Waals surface area contributed by atoms with Gasteiger partial charge in [-0.05, 0) is 31.0 Å². The molecule has 3 rings (SSSR count). The van der Waals surface area contributed by atoms with Gasteiger partial charge in [0.05, 0.1) is 39.1 Å². The standard InChI is InChI=1S/C23H27N3O4/c1-15-9-16(2)26(25-15)14-18-8-6-7-17(10-18)13-24-23(27)19-11-21(29-4)22(30-5)12-20(19)28-3/h6-12H,13-14H2,1-5H3,(H,24,27). The fraction of sp³-hybridized carbons (Fsp3) is 0.304. The molecule has 0 aliphatic heterocycles. The quantitative estimate of drug-likeness (QED) is 0.616. The lowest BCUT2D eigenvalue weighted by Crippen LogP contribution is -2.23. The first-order chi connectivity index (χ1) is 14.4. The molecule has 30 heavy (non-hydrogen) atoms. The second kappa shape index (κ2) is 9.35. The highest BCUT2D eigenvalue weighted by atomic mass is 16.5. The summed E-state index contributed by atoms with van der Waals surface area (Å²) in [6.45, 7) is 5.10. The summed E-state index contributed by atoms with van der Waals surface area (Å²) in [4.78, 5) is 12.8. The van der Waals surface area contributed by atoms with Gasteiger partial charge >= 0.3 is 0 Å². The van der Waals surface area contributed by atoms with Crippen molar-refractivity contribution in [2.75, 3.05) is 21.3 Å². The molecule has 0 radical (unpaired) electrons. The van der Waals surface area contributed by atoms with Crippen LogP contribution in [0.1, 0.15) is 32.9 Å². The number of hydrogen-bond acceptors (Lipinski definition) is 5. The molecule has 0 fully saturated rings. The van der Waals surface area contributed by atoms with Gasteiger partial charge in [0.2, 0.25) is 0 Å². The summed E-state index contributed by atoms with van der Waals surface area (Å²) in [7, 11) is 4.58. The third-order valence-corrected chi connectivity index (χ3v) is 4.83. The van der Waals surface area contributed by atoms with E-state index in [2.05, 4.69) is 28.6 Å². The number of rotatable bonds is 8. The lowest BCUT2D eigenvalue weighted by molar-refractivity contribution is 0.0947. The van der Waals surface area contributed by atoms with Gasteiger partial charge in [-0.15, -0.1) is 0 Å². The maximum atomic E-state index is 12.8. The molecule has 0 unspecified atom stereocenters. The van der Waals surface area contributed by atoms with Crippen molar-refractivity contribution < 1.29 is 19.0 Å². The molecule has 0 aliphatic carbocycles. The summed E-state index contributed by atoms with van der Waals surface area (Å²) in [6.07, 6.45) is 0. The van der Waals surface area contributed by atoms with E-state index >= 15 is 0 Å². The zero-order valence-electron chi connectivity index (χ0n) is 18.0. The molecule has 3 aromatic rings. The van der Waals surface area contributed by atoms with Crippen LogP contribution in [0.2, 0.25) is 0 Å². The number of carbonyl (C=O) groups is 1. The number of amides is 1. The Morgan fingerprint density at radius 2 is 1.60 bits per heavy atom. The molecule has 0 spiro atoms. The predicted molar refractivity (Wildman–Crippen MR) is 115 cm³/mol. The Morgan fingerprint density at radius 3 is 2.23 bits per heavy atom. The normalized spacial score (nSPS) is 10.6. The van der Waals surface area contributed by atoms with Crippen molar-refractivity contribution in [3.8, 4) is 17.2 Å². The molecule has 0 bridgehead atoms. The number of nitrogens with one attached hydrogen (secondary N) is 1. The summed E-state index contributed by atoms with van der Waals surface area (Å²) in [6, 6.07) is 13.4. The Hall–Kier alpha value is -3.48. The number of nitrogens with zero attached hydrogens (tertiary/aromatic N) is 2. The largest absolute Gasteiger partial charge is 0.496 e. The van der Waals surface area contributed by atoms with E-state index in [-0.39, 0.29) is 5.91 Å². The molecular formula is C23H27N3O4. The van der Waals surface area contributed by atoms with Crippen molar-refractivity contribution in [1.82, 2.24) is 15.1 Å². The average molecular weight is 409 g/mol. The molecule has 1 amide bonds. The van der Waals surface area contributed by atoms with Crippen LogP contribution in [-0.2, 0) is 13.1 Å². The topological polar surface area (TPSA) is 74.6 Å². The molecule has 2 aromatic carbocycles. The van der Waals surface area contributed by atoms with Crippen molar-refractivity contribution in [2.45, 2.75) is 26.9 Å². The Labute approximate surface area is 176 Å². The summed E-state index contributed by atoms with van der Waals surface area (Å²) < 4.78 is 17.9. The van der Waals surface area contributed by atoms with Crippen LogP contribution in [-0.4, -0.2) is 37.0 Å². The molecule has 158 valence electrons. The molecule has 0 aliphatic rings. The van der Waals surface area contributed by atoms with Gasteiger partial charge < -0.3 is 19.5 Å². The monoisotopic (exact) mass is 409 g/mol. The van der Waals surface area contributed by atoms with Crippen molar-refractivity contribution >= 4 is 5.91 Å².